The van der Waals surface area contributed by atoms with E-state index in [1.165, 1.54) is 0 Å². The van der Waals surface area contributed by atoms with Crippen LogP contribution in [0.3, 0.4) is 0 Å². The zero-order valence-corrected chi connectivity index (χ0v) is 12.4. The Balaban J connectivity index is 1.97. The highest BCUT2D eigenvalue weighted by Crippen LogP contribution is 2.36. The van der Waals surface area contributed by atoms with E-state index < -0.39 is 0 Å². The van der Waals surface area contributed by atoms with E-state index in [0.29, 0.717) is 5.56 Å². The molecule has 108 valence electrons. The first-order valence-electron chi connectivity index (χ1n) is 6.88. The lowest BCUT2D eigenvalue weighted by molar-refractivity contribution is 0.0388. The minimum Gasteiger partial charge on any atom is -0.434 e. The monoisotopic (exact) mass is 282 g/mol. The normalized spacial score (nSPS) is 16.3. The van der Waals surface area contributed by atoms with E-state index in [9.17, 15) is 4.79 Å². The van der Waals surface area contributed by atoms with Gasteiger partial charge < -0.3 is 14.5 Å². The van der Waals surface area contributed by atoms with Crippen LogP contribution in [0.2, 0.25) is 0 Å². The second-order valence-corrected chi connectivity index (χ2v) is 5.37. The highest BCUT2D eigenvalue weighted by atomic mass is 16.6. The SMILES string of the molecule is CN(C)c1ccc2c(c1)C(=O)OC2N(C)c1ccccc1. The van der Waals surface area contributed by atoms with Gasteiger partial charge in [0.1, 0.15) is 0 Å². The number of rotatable bonds is 3. The maximum Gasteiger partial charge on any atom is 0.340 e. The van der Waals surface area contributed by atoms with E-state index in [1.54, 1.807) is 0 Å². The van der Waals surface area contributed by atoms with Crippen LogP contribution in [0.25, 0.3) is 0 Å². The Morgan fingerprint density at radius 3 is 2.33 bits per heavy atom. The maximum absolute atomic E-state index is 12.1. The zero-order valence-electron chi connectivity index (χ0n) is 12.4. The van der Waals surface area contributed by atoms with Gasteiger partial charge in [-0.2, -0.15) is 0 Å². The van der Waals surface area contributed by atoms with Crippen LogP contribution >= 0.6 is 0 Å². The molecule has 0 saturated heterocycles. The van der Waals surface area contributed by atoms with Crippen molar-refractivity contribution in [3.8, 4) is 0 Å². The van der Waals surface area contributed by atoms with Crippen LogP contribution in [0.4, 0.5) is 11.4 Å². The summed E-state index contributed by atoms with van der Waals surface area (Å²) in [7, 11) is 5.84. The van der Waals surface area contributed by atoms with Crippen molar-refractivity contribution in [1.82, 2.24) is 0 Å². The van der Waals surface area contributed by atoms with Crippen LogP contribution in [0.5, 0.6) is 0 Å². The molecular formula is C17H18N2O2. The molecule has 1 aliphatic heterocycles. The number of carbonyl (C=O) groups is 1. The molecule has 0 N–H and O–H groups in total. The highest BCUT2D eigenvalue weighted by molar-refractivity contribution is 5.95. The van der Waals surface area contributed by atoms with Gasteiger partial charge >= 0.3 is 5.97 Å². The maximum atomic E-state index is 12.1. The van der Waals surface area contributed by atoms with Gasteiger partial charge in [-0.3, -0.25) is 0 Å². The van der Waals surface area contributed by atoms with Crippen molar-refractivity contribution in [2.45, 2.75) is 6.23 Å². The Morgan fingerprint density at radius 1 is 0.952 bits per heavy atom. The van der Waals surface area contributed by atoms with Gasteiger partial charge in [0.2, 0.25) is 6.23 Å². The van der Waals surface area contributed by atoms with Gasteiger partial charge in [-0.1, -0.05) is 24.3 Å². The number of benzene rings is 2. The minimum absolute atomic E-state index is 0.263. The molecular weight excluding hydrogens is 264 g/mol. The van der Waals surface area contributed by atoms with Crippen molar-refractivity contribution in [3.05, 3.63) is 59.7 Å². The number of esters is 1. The second kappa shape index (κ2) is 5.13. The molecule has 1 heterocycles. The zero-order chi connectivity index (χ0) is 15.0. The Morgan fingerprint density at radius 2 is 1.67 bits per heavy atom. The molecule has 0 radical (unpaired) electrons. The average molecular weight is 282 g/mol. The fraction of sp³-hybridized carbons (Fsp3) is 0.235. The molecule has 0 spiro atoms. The standard InChI is InChI=1S/C17H18N2O2/c1-18(2)13-9-10-14-15(11-13)17(20)21-16(14)19(3)12-7-5-4-6-8-12/h4-11,16H,1-3H3. The number of ether oxygens (including phenoxy) is 1. The Bertz CT molecular complexity index is 668. The van der Waals surface area contributed by atoms with E-state index in [1.807, 2.05) is 79.5 Å². The van der Waals surface area contributed by atoms with Crippen molar-refractivity contribution in [2.75, 3.05) is 30.9 Å². The van der Waals surface area contributed by atoms with E-state index >= 15 is 0 Å². The van der Waals surface area contributed by atoms with Gasteiger partial charge in [0.05, 0.1) is 5.56 Å². The van der Waals surface area contributed by atoms with Crippen molar-refractivity contribution in [1.29, 1.82) is 0 Å². The number of hydrogen-bond acceptors (Lipinski definition) is 4. The Labute approximate surface area is 124 Å². The van der Waals surface area contributed by atoms with Crippen LogP contribution in [-0.4, -0.2) is 27.1 Å². The topological polar surface area (TPSA) is 32.8 Å². The van der Waals surface area contributed by atoms with Crippen LogP contribution in [0, 0.1) is 0 Å². The molecule has 0 bridgehead atoms. The van der Waals surface area contributed by atoms with Gasteiger partial charge in [-0.25, -0.2) is 4.79 Å². The van der Waals surface area contributed by atoms with Gasteiger partial charge in [-0.05, 0) is 24.3 Å². The van der Waals surface area contributed by atoms with Crippen LogP contribution in [-0.2, 0) is 4.74 Å². The van der Waals surface area contributed by atoms with Crippen molar-refractivity contribution < 1.29 is 9.53 Å². The summed E-state index contributed by atoms with van der Waals surface area (Å²) in [5, 5.41) is 0. The number of nitrogens with zero attached hydrogens (tertiary/aromatic N) is 2. The molecule has 0 aromatic heterocycles. The largest absolute Gasteiger partial charge is 0.434 e. The summed E-state index contributed by atoms with van der Waals surface area (Å²) in [4.78, 5) is 16.1. The number of para-hydroxylation sites is 1. The highest BCUT2D eigenvalue weighted by Gasteiger charge is 2.34. The summed E-state index contributed by atoms with van der Waals surface area (Å²) in [6.45, 7) is 0. The Hall–Kier alpha value is -2.49. The fourth-order valence-corrected chi connectivity index (χ4v) is 2.53. The van der Waals surface area contributed by atoms with Gasteiger partial charge in [0, 0.05) is 38.1 Å². The van der Waals surface area contributed by atoms with Crippen LogP contribution in [0.1, 0.15) is 22.1 Å². The van der Waals surface area contributed by atoms with Crippen molar-refractivity contribution in [3.63, 3.8) is 0 Å². The molecule has 4 heteroatoms. The molecule has 1 unspecified atom stereocenters. The van der Waals surface area contributed by atoms with Gasteiger partial charge in [-0.15, -0.1) is 0 Å². The first kappa shape index (κ1) is 13.5. The lowest BCUT2D eigenvalue weighted by Crippen LogP contribution is -2.24. The number of hydrogen-bond donors (Lipinski definition) is 0. The number of anilines is 2. The third kappa shape index (κ3) is 2.33. The van der Waals surface area contributed by atoms with Crippen LogP contribution < -0.4 is 9.80 Å². The smallest absolute Gasteiger partial charge is 0.340 e. The Kier molecular flexibility index (Phi) is 3.29. The molecule has 2 aromatic carbocycles. The molecule has 1 atom stereocenters. The van der Waals surface area contributed by atoms with Crippen molar-refractivity contribution in [2.24, 2.45) is 0 Å². The molecule has 3 rings (SSSR count). The molecule has 0 amide bonds. The number of carbonyl (C=O) groups excluding carboxylic acids is 1. The van der Waals surface area contributed by atoms with E-state index in [2.05, 4.69) is 0 Å². The summed E-state index contributed by atoms with van der Waals surface area (Å²) in [5.74, 6) is -0.263. The summed E-state index contributed by atoms with van der Waals surface area (Å²) in [6, 6.07) is 15.8. The first-order valence-corrected chi connectivity index (χ1v) is 6.88. The third-order valence-electron chi connectivity index (χ3n) is 3.77. The fourth-order valence-electron chi connectivity index (χ4n) is 2.53. The van der Waals surface area contributed by atoms with Crippen LogP contribution in [0.15, 0.2) is 48.5 Å². The molecule has 2 aromatic rings. The molecule has 4 nitrogen and oxygen atoms in total. The predicted molar refractivity (Wildman–Crippen MR) is 83.8 cm³/mol. The second-order valence-electron chi connectivity index (χ2n) is 5.37. The van der Waals surface area contributed by atoms with Gasteiger partial charge in [0.15, 0.2) is 0 Å². The molecule has 0 aliphatic carbocycles. The summed E-state index contributed by atoms with van der Waals surface area (Å²) >= 11 is 0. The third-order valence-corrected chi connectivity index (χ3v) is 3.77. The predicted octanol–water partition coefficient (Wildman–Crippen LogP) is 3.06. The van der Waals surface area contributed by atoms with E-state index in [0.717, 1.165) is 16.9 Å². The summed E-state index contributed by atoms with van der Waals surface area (Å²) in [6.07, 6.45) is -0.369. The quantitative estimate of drug-likeness (QED) is 0.810. The first-order chi connectivity index (χ1) is 10.1. The summed E-state index contributed by atoms with van der Waals surface area (Å²) in [5.41, 5.74) is 3.57. The molecule has 1 aliphatic rings. The van der Waals surface area contributed by atoms with Crippen molar-refractivity contribution >= 4 is 17.3 Å². The lowest BCUT2D eigenvalue weighted by atomic mass is 10.1. The number of cyclic esters (lactones) is 1. The molecule has 0 saturated carbocycles. The minimum atomic E-state index is -0.369. The summed E-state index contributed by atoms with van der Waals surface area (Å²) < 4.78 is 5.55. The van der Waals surface area contributed by atoms with Gasteiger partial charge in [0.25, 0.3) is 0 Å². The lowest BCUT2D eigenvalue weighted by Gasteiger charge is -2.26. The van der Waals surface area contributed by atoms with E-state index in [-0.39, 0.29) is 12.2 Å². The average Bonchev–Trinajstić information content (AvgIpc) is 2.84. The molecule has 0 fully saturated rings. The molecule has 21 heavy (non-hydrogen) atoms. The van der Waals surface area contributed by atoms with E-state index in [4.69, 9.17) is 4.74 Å². The number of fused-ring (bicyclic) bond motifs is 1.